The summed E-state index contributed by atoms with van der Waals surface area (Å²) in [5.41, 5.74) is 0.172. The Morgan fingerprint density at radius 2 is 1.57 bits per heavy atom. The van der Waals surface area contributed by atoms with Crippen molar-refractivity contribution in [3.05, 3.63) is 0 Å². The Morgan fingerprint density at radius 3 is 2.00 bits per heavy atom. The molecule has 0 atom stereocenters. The predicted octanol–water partition coefficient (Wildman–Crippen LogP) is 3.25. The van der Waals surface area contributed by atoms with Crippen LogP contribution in [0.25, 0.3) is 0 Å². The lowest BCUT2D eigenvalue weighted by molar-refractivity contribution is -0.0504. The van der Waals surface area contributed by atoms with E-state index in [1.165, 1.54) is 0 Å². The molecule has 0 bridgehead atoms. The van der Waals surface area contributed by atoms with Crippen molar-refractivity contribution in [2.24, 2.45) is 5.41 Å². The molecule has 0 saturated carbocycles. The summed E-state index contributed by atoms with van der Waals surface area (Å²) in [6.07, 6.45) is 1.05. The van der Waals surface area contributed by atoms with Gasteiger partial charge in [-0.3, -0.25) is 0 Å². The van der Waals surface area contributed by atoms with Gasteiger partial charge in [0, 0.05) is 13.2 Å². The van der Waals surface area contributed by atoms with E-state index in [1.54, 1.807) is 0 Å². The Morgan fingerprint density at radius 1 is 1.00 bits per heavy atom. The summed E-state index contributed by atoms with van der Waals surface area (Å²) in [6.45, 7) is 15.2. The highest BCUT2D eigenvalue weighted by molar-refractivity contribution is 4.70. The van der Waals surface area contributed by atoms with Gasteiger partial charge in [-0.15, -0.1) is 0 Å². The van der Waals surface area contributed by atoms with Crippen LogP contribution in [0.15, 0.2) is 0 Å². The average Bonchev–Trinajstić information content (AvgIpc) is 2.00. The molecule has 2 heteroatoms. The number of rotatable bonds is 6. The smallest absolute Gasteiger partial charge is 0.0598 e. The summed E-state index contributed by atoms with van der Waals surface area (Å²) >= 11 is 0. The molecule has 0 aromatic heterocycles. The standard InChI is InChI=1S/C12H26O2/c1-7-13-9-8-12(5,6)10-14-11(2,3)4/h7-10H2,1-6H3. The van der Waals surface area contributed by atoms with Crippen molar-refractivity contribution in [1.82, 2.24) is 0 Å². The van der Waals surface area contributed by atoms with E-state index in [1.807, 2.05) is 6.92 Å². The van der Waals surface area contributed by atoms with Gasteiger partial charge in [-0.1, -0.05) is 13.8 Å². The molecule has 2 nitrogen and oxygen atoms in total. The van der Waals surface area contributed by atoms with Crippen molar-refractivity contribution in [2.75, 3.05) is 19.8 Å². The Kier molecular flexibility index (Phi) is 5.68. The second kappa shape index (κ2) is 5.72. The molecule has 14 heavy (non-hydrogen) atoms. The predicted molar refractivity (Wildman–Crippen MR) is 60.6 cm³/mol. The van der Waals surface area contributed by atoms with Gasteiger partial charge in [-0.05, 0) is 39.5 Å². The molecule has 0 amide bonds. The third kappa shape index (κ3) is 8.52. The maximum Gasteiger partial charge on any atom is 0.0598 e. The lowest BCUT2D eigenvalue weighted by atomic mass is 9.90. The quantitative estimate of drug-likeness (QED) is 0.615. The van der Waals surface area contributed by atoms with Crippen molar-refractivity contribution in [3.63, 3.8) is 0 Å². The van der Waals surface area contributed by atoms with E-state index in [2.05, 4.69) is 34.6 Å². The van der Waals surface area contributed by atoms with E-state index in [9.17, 15) is 0 Å². The zero-order valence-corrected chi connectivity index (χ0v) is 10.6. The molecule has 0 unspecified atom stereocenters. The third-order valence-electron chi connectivity index (χ3n) is 2.02. The fraction of sp³-hybridized carbons (Fsp3) is 1.00. The monoisotopic (exact) mass is 202 g/mol. The van der Waals surface area contributed by atoms with Crippen LogP contribution >= 0.6 is 0 Å². The van der Waals surface area contributed by atoms with Gasteiger partial charge in [-0.2, -0.15) is 0 Å². The fourth-order valence-electron chi connectivity index (χ4n) is 0.977. The average molecular weight is 202 g/mol. The third-order valence-corrected chi connectivity index (χ3v) is 2.02. The Labute approximate surface area is 89.0 Å². The minimum atomic E-state index is -0.0388. The van der Waals surface area contributed by atoms with Crippen LogP contribution in [-0.2, 0) is 9.47 Å². The minimum Gasteiger partial charge on any atom is -0.382 e. The van der Waals surface area contributed by atoms with Gasteiger partial charge >= 0.3 is 0 Å². The van der Waals surface area contributed by atoms with Crippen LogP contribution < -0.4 is 0 Å². The molecular weight excluding hydrogens is 176 g/mol. The SMILES string of the molecule is CCOCCC(C)(C)COC(C)(C)C. The van der Waals surface area contributed by atoms with Crippen molar-refractivity contribution in [1.29, 1.82) is 0 Å². The zero-order chi connectivity index (χ0) is 11.2. The summed E-state index contributed by atoms with van der Waals surface area (Å²) in [5, 5.41) is 0. The van der Waals surface area contributed by atoms with Crippen LogP contribution in [0, 0.1) is 5.41 Å². The Hall–Kier alpha value is -0.0800. The first kappa shape index (κ1) is 13.9. The van der Waals surface area contributed by atoms with Gasteiger partial charge in [0.15, 0.2) is 0 Å². The molecule has 0 aliphatic carbocycles. The van der Waals surface area contributed by atoms with Crippen LogP contribution in [0.2, 0.25) is 0 Å². The molecule has 0 saturated heterocycles. The van der Waals surface area contributed by atoms with Gasteiger partial charge < -0.3 is 9.47 Å². The molecule has 0 radical (unpaired) electrons. The maximum absolute atomic E-state index is 5.77. The molecule has 0 N–H and O–H groups in total. The number of hydrogen-bond acceptors (Lipinski definition) is 2. The van der Waals surface area contributed by atoms with Gasteiger partial charge in [-0.25, -0.2) is 0 Å². The van der Waals surface area contributed by atoms with Gasteiger partial charge in [0.05, 0.1) is 12.2 Å². The molecule has 0 fully saturated rings. The topological polar surface area (TPSA) is 18.5 Å². The molecular formula is C12H26O2. The summed E-state index contributed by atoms with van der Waals surface area (Å²) in [7, 11) is 0. The summed E-state index contributed by atoms with van der Waals surface area (Å²) in [5.74, 6) is 0. The van der Waals surface area contributed by atoms with Crippen molar-refractivity contribution < 1.29 is 9.47 Å². The first-order valence-electron chi connectivity index (χ1n) is 5.48. The van der Waals surface area contributed by atoms with Crippen molar-refractivity contribution >= 4 is 0 Å². The number of hydrogen-bond donors (Lipinski definition) is 0. The summed E-state index contributed by atoms with van der Waals surface area (Å²) in [6, 6.07) is 0. The Bertz CT molecular complexity index is 145. The molecule has 0 aliphatic heterocycles. The molecule has 0 heterocycles. The van der Waals surface area contributed by atoms with Gasteiger partial charge in [0.1, 0.15) is 0 Å². The van der Waals surface area contributed by atoms with Crippen LogP contribution in [0.3, 0.4) is 0 Å². The Balaban J connectivity index is 3.72. The normalized spacial score (nSPS) is 13.3. The highest BCUT2D eigenvalue weighted by Crippen LogP contribution is 2.23. The van der Waals surface area contributed by atoms with E-state index in [4.69, 9.17) is 9.47 Å². The zero-order valence-electron chi connectivity index (χ0n) is 10.6. The molecule has 0 aromatic rings. The van der Waals surface area contributed by atoms with E-state index in [0.29, 0.717) is 0 Å². The molecule has 0 spiro atoms. The van der Waals surface area contributed by atoms with E-state index < -0.39 is 0 Å². The fourth-order valence-corrected chi connectivity index (χ4v) is 0.977. The van der Waals surface area contributed by atoms with E-state index >= 15 is 0 Å². The van der Waals surface area contributed by atoms with Crippen LogP contribution in [0.1, 0.15) is 48.0 Å². The van der Waals surface area contributed by atoms with Crippen LogP contribution in [-0.4, -0.2) is 25.4 Å². The summed E-state index contributed by atoms with van der Waals surface area (Å²) in [4.78, 5) is 0. The van der Waals surface area contributed by atoms with Crippen molar-refractivity contribution in [2.45, 2.75) is 53.6 Å². The van der Waals surface area contributed by atoms with Gasteiger partial charge in [0.25, 0.3) is 0 Å². The highest BCUT2D eigenvalue weighted by Gasteiger charge is 2.21. The maximum atomic E-state index is 5.77. The second-order valence-electron chi connectivity index (χ2n) is 5.51. The second-order valence-corrected chi connectivity index (χ2v) is 5.51. The largest absolute Gasteiger partial charge is 0.382 e. The highest BCUT2D eigenvalue weighted by atomic mass is 16.5. The lowest BCUT2D eigenvalue weighted by Gasteiger charge is -2.29. The van der Waals surface area contributed by atoms with Crippen molar-refractivity contribution in [3.8, 4) is 0 Å². The van der Waals surface area contributed by atoms with Gasteiger partial charge in [0.2, 0.25) is 0 Å². The lowest BCUT2D eigenvalue weighted by Crippen LogP contribution is -2.29. The summed E-state index contributed by atoms with van der Waals surface area (Å²) < 4.78 is 11.1. The number of ether oxygens (including phenoxy) is 2. The molecule has 0 rings (SSSR count). The minimum absolute atomic E-state index is 0.0388. The molecule has 86 valence electrons. The van der Waals surface area contributed by atoms with Crippen LogP contribution in [0.4, 0.5) is 0 Å². The van der Waals surface area contributed by atoms with Crippen LogP contribution in [0.5, 0.6) is 0 Å². The van der Waals surface area contributed by atoms with E-state index in [-0.39, 0.29) is 11.0 Å². The van der Waals surface area contributed by atoms with E-state index in [0.717, 1.165) is 26.2 Å². The first-order chi connectivity index (χ1) is 6.27. The first-order valence-corrected chi connectivity index (χ1v) is 5.48. The molecule has 0 aliphatic rings. The molecule has 0 aromatic carbocycles.